The van der Waals surface area contributed by atoms with Gasteiger partial charge in [-0.3, -0.25) is 9.59 Å². The number of aliphatic hydroxyl groups excluding tert-OH is 3. The Morgan fingerprint density at radius 2 is 1.68 bits per heavy atom. The van der Waals surface area contributed by atoms with Crippen LogP contribution in [0.1, 0.15) is 87.0 Å². The van der Waals surface area contributed by atoms with E-state index in [2.05, 4.69) is 6.92 Å². The van der Waals surface area contributed by atoms with Gasteiger partial charge in [0.25, 0.3) is 0 Å². The highest BCUT2D eigenvalue weighted by atomic mass is 16.4. The highest BCUT2D eigenvalue weighted by molar-refractivity contribution is 6.00. The standard InChI is InChI=1S/C30H44O7/c1-15(10-17(31)11-16(2)26(36)37)18-12-23(35)30(7)25-19(32)13-21-27(3,4)22(34)8-9-28(21,5)24(25)20(33)14-29(18,30)6/h11,15,18-19,21-23,32,34-35H,8-10,12-14H2,1-7H3,(H,36,37)/b16-11+/t15-,18-,19+,21?,22+,23+,28+,29-,30+/m1/s1. The molecule has 37 heavy (non-hydrogen) atoms. The molecular weight excluding hydrogens is 472 g/mol. The average Bonchev–Trinajstić information content (AvgIpc) is 2.99. The van der Waals surface area contributed by atoms with Crippen LogP contribution in [0.2, 0.25) is 0 Å². The molecule has 0 saturated heterocycles. The molecule has 7 heteroatoms. The highest BCUT2D eigenvalue weighted by Gasteiger charge is 2.69. The Morgan fingerprint density at radius 3 is 2.27 bits per heavy atom. The quantitative estimate of drug-likeness (QED) is 0.408. The lowest BCUT2D eigenvalue weighted by Gasteiger charge is -2.62. The fourth-order valence-electron chi connectivity index (χ4n) is 9.20. The van der Waals surface area contributed by atoms with Gasteiger partial charge >= 0.3 is 5.97 Å². The number of rotatable bonds is 5. The minimum atomic E-state index is -1.13. The van der Waals surface area contributed by atoms with E-state index in [-0.39, 0.29) is 47.7 Å². The Kier molecular flexibility index (Phi) is 6.74. The second-order valence-corrected chi connectivity index (χ2v) is 13.7. The first-order valence-corrected chi connectivity index (χ1v) is 13.7. The molecule has 0 aromatic carbocycles. The third-order valence-electron chi connectivity index (χ3n) is 11.5. The third kappa shape index (κ3) is 3.82. The molecule has 7 nitrogen and oxygen atoms in total. The summed E-state index contributed by atoms with van der Waals surface area (Å²) in [5.41, 5.74) is -1.12. The zero-order valence-electron chi connectivity index (χ0n) is 23.3. The largest absolute Gasteiger partial charge is 0.478 e. The molecule has 0 aromatic heterocycles. The number of carbonyl (C=O) groups excluding carboxylic acids is 2. The number of fused-ring (bicyclic) bond motifs is 4. The minimum absolute atomic E-state index is 0.00709. The fraction of sp³-hybridized carbons (Fsp3) is 0.767. The Bertz CT molecular complexity index is 1090. The summed E-state index contributed by atoms with van der Waals surface area (Å²) in [6.45, 7) is 13.5. The van der Waals surface area contributed by atoms with Crippen molar-refractivity contribution in [1.29, 1.82) is 0 Å². The predicted molar refractivity (Wildman–Crippen MR) is 138 cm³/mol. The van der Waals surface area contributed by atoms with Crippen molar-refractivity contribution in [2.45, 2.75) is 105 Å². The van der Waals surface area contributed by atoms with E-state index in [1.165, 1.54) is 6.92 Å². The van der Waals surface area contributed by atoms with Crippen LogP contribution in [-0.2, 0) is 14.4 Å². The number of aliphatic carboxylic acids is 1. The van der Waals surface area contributed by atoms with E-state index in [9.17, 15) is 29.7 Å². The van der Waals surface area contributed by atoms with Crippen molar-refractivity contribution < 1.29 is 34.8 Å². The molecule has 0 heterocycles. The van der Waals surface area contributed by atoms with Gasteiger partial charge in [0.05, 0.1) is 18.3 Å². The van der Waals surface area contributed by atoms with Crippen LogP contribution >= 0.6 is 0 Å². The summed E-state index contributed by atoms with van der Waals surface area (Å²) in [7, 11) is 0. The molecule has 0 aromatic rings. The Morgan fingerprint density at radius 1 is 1.05 bits per heavy atom. The van der Waals surface area contributed by atoms with Gasteiger partial charge in [0, 0.05) is 29.4 Å². The van der Waals surface area contributed by atoms with E-state index in [0.29, 0.717) is 36.8 Å². The Hall–Kier alpha value is -1.83. The van der Waals surface area contributed by atoms with Crippen molar-refractivity contribution in [1.82, 2.24) is 0 Å². The maximum Gasteiger partial charge on any atom is 0.331 e. The van der Waals surface area contributed by atoms with Gasteiger partial charge in [-0.15, -0.1) is 0 Å². The summed E-state index contributed by atoms with van der Waals surface area (Å²) < 4.78 is 0. The van der Waals surface area contributed by atoms with Gasteiger partial charge in [-0.05, 0) is 78.3 Å². The minimum Gasteiger partial charge on any atom is -0.478 e. The molecule has 206 valence electrons. The van der Waals surface area contributed by atoms with Crippen LogP contribution in [-0.4, -0.2) is 56.3 Å². The van der Waals surface area contributed by atoms with Crippen LogP contribution < -0.4 is 0 Å². The highest BCUT2D eigenvalue weighted by Crippen LogP contribution is 2.71. The summed E-state index contributed by atoms with van der Waals surface area (Å²) in [6, 6.07) is 0. The van der Waals surface area contributed by atoms with Crippen molar-refractivity contribution in [3.8, 4) is 0 Å². The van der Waals surface area contributed by atoms with Gasteiger partial charge in [-0.1, -0.05) is 41.5 Å². The van der Waals surface area contributed by atoms with E-state index in [1.54, 1.807) is 0 Å². The molecule has 0 radical (unpaired) electrons. The van der Waals surface area contributed by atoms with Crippen LogP contribution in [0.4, 0.5) is 0 Å². The Balaban J connectivity index is 1.77. The maximum absolute atomic E-state index is 14.1. The zero-order chi connectivity index (χ0) is 27.9. The molecule has 2 saturated carbocycles. The molecule has 0 bridgehead atoms. The summed E-state index contributed by atoms with van der Waals surface area (Å²) >= 11 is 0. The summed E-state index contributed by atoms with van der Waals surface area (Å²) in [6.07, 6.45) is 1.42. The molecule has 4 aliphatic rings. The average molecular weight is 517 g/mol. The lowest BCUT2D eigenvalue weighted by atomic mass is 9.42. The number of carboxylic acid groups (broad SMARTS) is 1. The van der Waals surface area contributed by atoms with Crippen molar-refractivity contribution in [2.24, 2.45) is 39.4 Å². The maximum atomic E-state index is 14.1. The molecule has 9 atom stereocenters. The van der Waals surface area contributed by atoms with Crippen LogP contribution in [0.3, 0.4) is 0 Å². The zero-order valence-corrected chi connectivity index (χ0v) is 23.3. The molecule has 2 fully saturated rings. The normalized spacial score (nSPS) is 44.1. The lowest BCUT2D eigenvalue weighted by Crippen LogP contribution is -2.61. The van der Waals surface area contributed by atoms with Crippen molar-refractivity contribution in [3.63, 3.8) is 0 Å². The number of hydrogen-bond acceptors (Lipinski definition) is 6. The second kappa shape index (κ2) is 8.85. The van der Waals surface area contributed by atoms with Gasteiger partial charge < -0.3 is 20.4 Å². The molecule has 4 aliphatic carbocycles. The first-order valence-electron chi connectivity index (χ1n) is 13.7. The number of allylic oxidation sites excluding steroid dienone is 2. The number of carboxylic acids is 1. The van der Waals surface area contributed by atoms with E-state index < -0.39 is 45.9 Å². The van der Waals surface area contributed by atoms with Gasteiger partial charge in [0.1, 0.15) is 0 Å². The van der Waals surface area contributed by atoms with Gasteiger partial charge in [0.15, 0.2) is 11.6 Å². The van der Waals surface area contributed by atoms with Crippen LogP contribution in [0.5, 0.6) is 0 Å². The molecule has 0 amide bonds. The topological polar surface area (TPSA) is 132 Å². The molecule has 4 rings (SSSR count). The SMILES string of the molecule is C/C(=C\C(=O)C[C@@H](C)[C@H]1C[C@H](O)[C@@]2(C)C3=C(C(=O)C[C@]12C)[C@@]1(C)CC[C@H](O)C(C)(C)C1C[C@@H]3O)C(=O)O. The monoisotopic (exact) mass is 516 g/mol. The molecule has 4 N–H and O–H groups in total. The van der Waals surface area contributed by atoms with Crippen LogP contribution in [0.15, 0.2) is 22.8 Å². The van der Waals surface area contributed by atoms with Gasteiger partial charge in [-0.25, -0.2) is 4.79 Å². The lowest BCUT2D eigenvalue weighted by molar-refractivity contribution is -0.140. The van der Waals surface area contributed by atoms with Crippen LogP contribution in [0.25, 0.3) is 0 Å². The van der Waals surface area contributed by atoms with Gasteiger partial charge in [-0.2, -0.15) is 0 Å². The number of aliphatic hydroxyl groups is 3. The number of Topliss-reactive ketones (excluding diaryl/α,β-unsaturated/α-hetero) is 1. The summed E-state index contributed by atoms with van der Waals surface area (Å²) in [4.78, 5) is 37.9. The fourth-order valence-corrected chi connectivity index (χ4v) is 9.20. The third-order valence-corrected chi connectivity index (χ3v) is 11.5. The van der Waals surface area contributed by atoms with Crippen molar-refractivity contribution >= 4 is 17.5 Å². The van der Waals surface area contributed by atoms with Gasteiger partial charge in [0.2, 0.25) is 0 Å². The molecular formula is C30H44O7. The van der Waals surface area contributed by atoms with E-state index >= 15 is 0 Å². The van der Waals surface area contributed by atoms with E-state index in [0.717, 1.165) is 6.08 Å². The molecule has 0 spiro atoms. The first kappa shape index (κ1) is 28.2. The number of hydrogen-bond donors (Lipinski definition) is 4. The Labute approximate surface area is 220 Å². The first-order chi connectivity index (χ1) is 16.9. The molecule has 1 unspecified atom stereocenters. The van der Waals surface area contributed by atoms with E-state index in [1.807, 2.05) is 34.6 Å². The summed E-state index contributed by atoms with van der Waals surface area (Å²) in [5, 5.41) is 43.2. The second-order valence-electron chi connectivity index (χ2n) is 13.7. The predicted octanol–water partition coefficient (Wildman–Crippen LogP) is 3.84. The van der Waals surface area contributed by atoms with E-state index in [4.69, 9.17) is 5.11 Å². The molecule has 0 aliphatic heterocycles. The summed E-state index contributed by atoms with van der Waals surface area (Å²) in [5.74, 6) is -1.81. The number of ketones is 2. The smallest absolute Gasteiger partial charge is 0.331 e. The van der Waals surface area contributed by atoms with Crippen molar-refractivity contribution in [2.75, 3.05) is 0 Å². The van der Waals surface area contributed by atoms with Crippen LogP contribution in [0, 0.1) is 39.4 Å². The van der Waals surface area contributed by atoms with Crippen molar-refractivity contribution in [3.05, 3.63) is 22.8 Å². The number of carbonyl (C=O) groups is 3.